The quantitative estimate of drug-likeness (QED) is 0.192. The summed E-state index contributed by atoms with van der Waals surface area (Å²) in [5.74, 6) is -5.71. The van der Waals surface area contributed by atoms with E-state index in [0.29, 0.717) is 25.8 Å². The van der Waals surface area contributed by atoms with Gasteiger partial charge in [-0.1, -0.05) is 41.5 Å². The van der Waals surface area contributed by atoms with E-state index in [9.17, 15) is 24.3 Å². The fourth-order valence-corrected chi connectivity index (χ4v) is 9.39. The van der Waals surface area contributed by atoms with Crippen LogP contribution in [-0.2, 0) is 39.9 Å². The molecule has 2 aromatic rings. The number of aliphatic hydroxyl groups is 1. The van der Waals surface area contributed by atoms with E-state index in [4.69, 9.17) is 18.9 Å². The zero-order chi connectivity index (χ0) is 41.3. The highest BCUT2D eigenvalue weighted by Crippen LogP contribution is 2.44. The number of carbonyl (C=O) groups is 4. The molecule has 56 heavy (non-hydrogen) atoms. The zero-order valence-corrected chi connectivity index (χ0v) is 34.6. The molecular formula is C41H62FN5O9. The smallest absolute Gasteiger partial charge is 0.410 e. The molecule has 0 saturated carbocycles. The van der Waals surface area contributed by atoms with Gasteiger partial charge in [0.1, 0.15) is 23.5 Å². The standard InChI is InChI=1S/C41H62FN5O9/c1-11-30-41(12-2)34(47(39(52)56-41)19-14-13-18-46-22-44-28-16-15-17-43-36(28)46)26(6)31(48)23(3)20-24(4)33(27(7)35(50)40(8,42)38(51)54-30)55-37-32(49)29(45(9)10)21-25(5)53-37/h15-17,22-27,29-30,32-34,37,49H,11-14,18-21H2,1-10H3/t23-,24+,25-,26+,27-,29+,30?,32-,33+,34-,37+,40+,41-/m1/s1. The van der Waals surface area contributed by atoms with Gasteiger partial charge in [0.2, 0.25) is 0 Å². The Morgan fingerprint density at radius 1 is 1.02 bits per heavy atom. The van der Waals surface area contributed by atoms with Crippen molar-refractivity contribution in [2.24, 2.45) is 23.7 Å². The van der Waals surface area contributed by atoms with Crippen molar-refractivity contribution in [3.05, 3.63) is 24.7 Å². The monoisotopic (exact) mass is 787 g/mol. The Kier molecular flexibility index (Phi) is 13.6. The fraction of sp³-hybridized carbons (Fsp3) is 0.756. The van der Waals surface area contributed by atoms with Gasteiger partial charge in [0.05, 0.1) is 24.6 Å². The van der Waals surface area contributed by atoms with Gasteiger partial charge >= 0.3 is 12.1 Å². The summed E-state index contributed by atoms with van der Waals surface area (Å²) in [6.45, 7) is 14.0. The summed E-state index contributed by atoms with van der Waals surface area (Å²) in [4.78, 5) is 68.7. The Morgan fingerprint density at radius 2 is 1.71 bits per heavy atom. The summed E-state index contributed by atoms with van der Waals surface area (Å²) < 4.78 is 43.3. The van der Waals surface area contributed by atoms with Gasteiger partial charge in [0, 0.05) is 43.1 Å². The first-order valence-electron chi connectivity index (χ1n) is 20.3. The first kappa shape index (κ1) is 43.6. The largest absolute Gasteiger partial charge is 0.455 e. The van der Waals surface area contributed by atoms with E-state index in [2.05, 4.69) is 9.97 Å². The Balaban J connectivity index is 1.46. The SMILES string of the molecule is CCC1OC(=O)[C@@](C)(F)C(=O)[C@H](C)[C@@H](O[C@@H]2O[C@H](C)C[C@H](N(C)C)[C@H]2O)[C@@H](C)C[C@@H](C)C(=O)[C@H](C)[C@H]2N(CCCCn3cnc4cccnc43)C(=O)O[C@]12CC. The van der Waals surface area contributed by atoms with E-state index in [1.807, 2.05) is 49.5 Å². The molecule has 0 aromatic carbocycles. The van der Waals surface area contributed by atoms with Gasteiger partial charge < -0.3 is 38.4 Å². The lowest BCUT2D eigenvalue weighted by Crippen LogP contribution is -2.60. The lowest BCUT2D eigenvalue weighted by molar-refractivity contribution is -0.278. The number of pyridine rings is 1. The number of carbonyl (C=O) groups excluding carboxylic acids is 4. The number of cyclic esters (lactones) is 1. The number of ketones is 2. The number of aliphatic hydroxyl groups excluding tert-OH is 1. The minimum absolute atomic E-state index is 0.124. The van der Waals surface area contributed by atoms with Crippen LogP contribution in [0.25, 0.3) is 11.2 Å². The molecule has 0 aliphatic carbocycles. The normalized spacial score (nSPS) is 37.7. The maximum atomic E-state index is 16.8. The summed E-state index contributed by atoms with van der Waals surface area (Å²) in [7, 11) is 3.69. The number of amides is 1. The molecule has 1 unspecified atom stereocenters. The molecule has 3 fully saturated rings. The van der Waals surface area contributed by atoms with Crippen LogP contribution < -0.4 is 0 Å². The first-order chi connectivity index (χ1) is 26.4. The van der Waals surface area contributed by atoms with Crippen molar-refractivity contribution in [1.82, 2.24) is 24.3 Å². The Morgan fingerprint density at radius 3 is 2.38 bits per heavy atom. The van der Waals surface area contributed by atoms with Crippen molar-refractivity contribution in [2.45, 2.75) is 155 Å². The van der Waals surface area contributed by atoms with E-state index < -0.39 is 83.4 Å². The van der Waals surface area contributed by atoms with Crippen LogP contribution in [0.15, 0.2) is 24.7 Å². The molecule has 0 radical (unpaired) electrons. The first-order valence-corrected chi connectivity index (χ1v) is 20.3. The van der Waals surface area contributed by atoms with Gasteiger partial charge in [-0.3, -0.25) is 9.59 Å². The predicted molar refractivity (Wildman–Crippen MR) is 205 cm³/mol. The highest BCUT2D eigenvalue weighted by atomic mass is 19.1. The molecule has 14 nitrogen and oxygen atoms in total. The second-order valence-electron chi connectivity index (χ2n) is 16.7. The molecule has 3 aliphatic rings. The molecule has 13 atom stereocenters. The Hall–Kier alpha value is -3.53. The molecular weight excluding hydrogens is 725 g/mol. The van der Waals surface area contributed by atoms with E-state index in [1.165, 1.54) is 6.92 Å². The Labute approximate surface area is 329 Å². The van der Waals surface area contributed by atoms with Crippen LogP contribution in [-0.4, -0.2) is 128 Å². The molecule has 0 bridgehead atoms. The highest BCUT2D eigenvalue weighted by Gasteiger charge is 2.62. The third-order valence-electron chi connectivity index (χ3n) is 12.5. The molecule has 5 rings (SSSR count). The van der Waals surface area contributed by atoms with Crippen LogP contribution in [0.1, 0.15) is 93.9 Å². The van der Waals surface area contributed by atoms with Crippen LogP contribution in [0.5, 0.6) is 0 Å². The lowest BCUT2D eigenvalue weighted by atomic mass is 9.73. The molecule has 2 aromatic heterocycles. The number of esters is 1. The molecule has 1 N–H and O–H groups in total. The molecule has 0 spiro atoms. The number of Topliss-reactive ketones (excluding diaryl/α,β-unsaturated/α-hetero) is 2. The Bertz CT molecular complexity index is 1720. The number of imidazole rings is 1. The fourth-order valence-electron chi connectivity index (χ4n) is 9.39. The summed E-state index contributed by atoms with van der Waals surface area (Å²) in [6, 6.07) is 2.55. The number of hydrogen-bond acceptors (Lipinski definition) is 12. The zero-order valence-electron chi connectivity index (χ0n) is 34.6. The van der Waals surface area contributed by atoms with E-state index in [1.54, 1.807) is 45.1 Å². The van der Waals surface area contributed by atoms with Crippen LogP contribution >= 0.6 is 0 Å². The summed E-state index contributed by atoms with van der Waals surface area (Å²) >= 11 is 0. The summed E-state index contributed by atoms with van der Waals surface area (Å²) in [5, 5.41) is 11.3. The number of fused-ring (bicyclic) bond motifs is 2. The second-order valence-corrected chi connectivity index (χ2v) is 16.7. The highest BCUT2D eigenvalue weighted by molar-refractivity contribution is 6.07. The van der Waals surface area contributed by atoms with Crippen molar-refractivity contribution in [3.63, 3.8) is 0 Å². The maximum absolute atomic E-state index is 16.8. The predicted octanol–water partition coefficient (Wildman–Crippen LogP) is 5.13. The van der Waals surface area contributed by atoms with E-state index in [-0.39, 0.29) is 43.7 Å². The van der Waals surface area contributed by atoms with Crippen LogP contribution in [0.2, 0.25) is 0 Å². The van der Waals surface area contributed by atoms with Crippen LogP contribution in [0, 0.1) is 23.7 Å². The summed E-state index contributed by atoms with van der Waals surface area (Å²) in [6.07, 6.45) is 0.344. The third-order valence-corrected chi connectivity index (χ3v) is 12.5. The van der Waals surface area contributed by atoms with Crippen LogP contribution in [0.4, 0.5) is 9.18 Å². The minimum atomic E-state index is -3.10. The molecule has 15 heteroatoms. The van der Waals surface area contributed by atoms with Crippen molar-refractivity contribution in [1.29, 1.82) is 0 Å². The van der Waals surface area contributed by atoms with Gasteiger partial charge in [-0.25, -0.2) is 23.9 Å². The van der Waals surface area contributed by atoms with Crippen molar-refractivity contribution < 1.29 is 47.6 Å². The van der Waals surface area contributed by atoms with Crippen molar-refractivity contribution >= 4 is 34.8 Å². The number of likely N-dealkylation sites (N-methyl/N-ethyl adjacent to an activating group) is 1. The summed E-state index contributed by atoms with van der Waals surface area (Å²) in [5.41, 5.74) is -3.06. The third kappa shape index (κ3) is 8.37. The van der Waals surface area contributed by atoms with Crippen molar-refractivity contribution in [3.8, 4) is 0 Å². The number of nitrogens with zero attached hydrogens (tertiary/aromatic N) is 5. The second kappa shape index (κ2) is 17.5. The topological polar surface area (TPSA) is 163 Å². The van der Waals surface area contributed by atoms with Gasteiger partial charge in [0.15, 0.2) is 23.3 Å². The van der Waals surface area contributed by atoms with Gasteiger partial charge in [-0.2, -0.15) is 0 Å². The number of unbranched alkanes of at least 4 members (excludes halogenated alkanes) is 1. The molecule has 5 heterocycles. The average Bonchev–Trinajstić information content (AvgIpc) is 3.71. The average molecular weight is 788 g/mol. The maximum Gasteiger partial charge on any atom is 0.410 e. The van der Waals surface area contributed by atoms with E-state index in [0.717, 1.165) is 18.1 Å². The molecule has 312 valence electrons. The minimum Gasteiger partial charge on any atom is -0.455 e. The number of hydrogen-bond donors (Lipinski definition) is 1. The van der Waals surface area contributed by atoms with Crippen LogP contribution in [0.3, 0.4) is 0 Å². The lowest BCUT2D eigenvalue weighted by Gasteiger charge is -2.44. The van der Waals surface area contributed by atoms with E-state index >= 15 is 4.39 Å². The number of aryl methyl sites for hydroxylation is 1. The van der Waals surface area contributed by atoms with Gasteiger partial charge in [0.25, 0.3) is 5.67 Å². The molecule has 1 amide bonds. The van der Waals surface area contributed by atoms with Crippen molar-refractivity contribution in [2.75, 3.05) is 20.6 Å². The number of alkyl halides is 1. The van der Waals surface area contributed by atoms with Gasteiger partial charge in [-0.15, -0.1) is 0 Å². The number of halogens is 1. The van der Waals surface area contributed by atoms with Gasteiger partial charge in [-0.05, 0) is 84.5 Å². The number of aromatic nitrogens is 3. The number of ether oxygens (including phenoxy) is 4. The molecule has 3 aliphatic heterocycles. The number of rotatable bonds is 10. The molecule has 3 saturated heterocycles.